The van der Waals surface area contributed by atoms with Crippen LogP contribution in [0, 0.1) is 6.92 Å². The Kier molecular flexibility index (Phi) is 6.64. The first-order valence-corrected chi connectivity index (χ1v) is 9.54. The number of benzene rings is 1. The highest BCUT2D eigenvalue weighted by atomic mass is 32.2. The van der Waals surface area contributed by atoms with Crippen LogP contribution >= 0.6 is 0 Å². The lowest BCUT2D eigenvalue weighted by atomic mass is 10.2. The fraction of sp³-hybridized carbons (Fsp3) is 0.353. The van der Waals surface area contributed by atoms with Crippen LogP contribution in [-0.2, 0) is 26.2 Å². The topological polar surface area (TPSA) is 103 Å². The van der Waals surface area contributed by atoms with Crippen LogP contribution in [0.25, 0.3) is 6.08 Å². The monoisotopic (exact) mass is 379 g/mol. The summed E-state index contributed by atoms with van der Waals surface area (Å²) in [7, 11) is -3.49. The van der Waals surface area contributed by atoms with Crippen LogP contribution in [0.3, 0.4) is 0 Å². The lowest BCUT2D eigenvalue weighted by molar-refractivity contribution is -0.139. The molecule has 0 unspecified atom stereocenters. The second kappa shape index (κ2) is 8.72. The molecule has 1 heterocycles. The number of hydrogen-bond acceptors (Lipinski definition) is 7. The van der Waals surface area contributed by atoms with E-state index >= 15 is 0 Å². The van der Waals surface area contributed by atoms with Gasteiger partial charge in [-0.3, -0.25) is 0 Å². The van der Waals surface area contributed by atoms with Crippen LogP contribution < -0.4 is 0 Å². The van der Waals surface area contributed by atoms with Gasteiger partial charge in [0.1, 0.15) is 0 Å². The first kappa shape index (κ1) is 19.8. The molecular weight excluding hydrogens is 358 g/mol. The third-order valence-electron chi connectivity index (χ3n) is 3.54. The molecule has 0 aliphatic carbocycles. The SMILES string of the molecule is CCN(CC)S(=O)(=O)c1ccc(/C=C/C(=O)OCc2nnc(C)o2)cc1. The van der Waals surface area contributed by atoms with E-state index in [9.17, 15) is 13.2 Å². The van der Waals surface area contributed by atoms with Crippen LogP contribution in [0.1, 0.15) is 31.2 Å². The molecule has 140 valence electrons. The summed E-state index contributed by atoms with van der Waals surface area (Å²) in [5.41, 5.74) is 0.675. The second-order valence-electron chi connectivity index (χ2n) is 5.31. The number of aromatic nitrogens is 2. The molecule has 0 aliphatic heterocycles. The molecule has 0 spiro atoms. The Morgan fingerprint density at radius 3 is 2.38 bits per heavy atom. The summed E-state index contributed by atoms with van der Waals surface area (Å²) < 4.78 is 36.3. The predicted octanol–water partition coefficient (Wildman–Crippen LogP) is 2.17. The Labute approximate surface area is 152 Å². The largest absolute Gasteiger partial charge is 0.452 e. The maximum Gasteiger partial charge on any atom is 0.331 e. The van der Waals surface area contributed by atoms with Gasteiger partial charge in [-0.2, -0.15) is 4.31 Å². The Balaban J connectivity index is 1.97. The zero-order valence-corrected chi connectivity index (χ0v) is 15.7. The molecule has 2 rings (SSSR count). The third kappa shape index (κ3) is 4.99. The van der Waals surface area contributed by atoms with Crippen molar-refractivity contribution >= 4 is 22.1 Å². The van der Waals surface area contributed by atoms with Gasteiger partial charge in [-0.25, -0.2) is 13.2 Å². The Hall–Kier alpha value is -2.52. The van der Waals surface area contributed by atoms with Crippen molar-refractivity contribution in [1.82, 2.24) is 14.5 Å². The van der Waals surface area contributed by atoms with Gasteiger partial charge in [0.25, 0.3) is 5.89 Å². The minimum Gasteiger partial charge on any atom is -0.452 e. The molecule has 1 aromatic carbocycles. The molecule has 0 aliphatic rings. The summed E-state index contributed by atoms with van der Waals surface area (Å²) in [5.74, 6) is 0.0437. The quantitative estimate of drug-likeness (QED) is 0.511. The molecule has 0 bridgehead atoms. The van der Waals surface area contributed by atoms with Crippen molar-refractivity contribution in [2.24, 2.45) is 0 Å². The van der Waals surface area contributed by atoms with Gasteiger partial charge in [0.05, 0.1) is 4.90 Å². The highest BCUT2D eigenvalue weighted by Crippen LogP contribution is 2.16. The van der Waals surface area contributed by atoms with E-state index in [1.54, 1.807) is 32.9 Å². The number of nitrogens with zero attached hydrogens (tertiary/aromatic N) is 3. The van der Waals surface area contributed by atoms with Crippen LogP contribution in [0.4, 0.5) is 0 Å². The van der Waals surface area contributed by atoms with Crippen LogP contribution in [0.5, 0.6) is 0 Å². The lowest BCUT2D eigenvalue weighted by Gasteiger charge is -2.18. The summed E-state index contributed by atoms with van der Waals surface area (Å²) in [4.78, 5) is 11.9. The van der Waals surface area contributed by atoms with Gasteiger partial charge in [0.15, 0.2) is 6.61 Å². The molecule has 8 nitrogen and oxygen atoms in total. The molecule has 2 aromatic rings. The van der Waals surface area contributed by atoms with Gasteiger partial charge in [0, 0.05) is 26.1 Å². The van der Waals surface area contributed by atoms with Crippen molar-refractivity contribution in [2.45, 2.75) is 32.3 Å². The molecule has 0 radical (unpaired) electrons. The maximum atomic E-state index is 12.4. The standard InChI is InChI=1S/C17H21N3O5S/c1-4-20(5-2)26(22,23)15-9-6-14(7-10-15)8-11-17(21)24-12-16-19-18-13(3)25-16/h6-11H,4-5,12H2,1-3H3/b11-8+. The molecule has 9 heteroatoms. The highest BCUT2D eigenvalue weighted by Gasteiger charge is 2.20. The third-order valence-corrected chi connectivity index (χ3v) is 5.61. The Morgan fingerprint density at radius 2 is 1.85 bits per heavy atom. The van der Waals surface area contributed by atoms with E-state index in [4.69, 9.17) is 9.15 Å². The average molecular weight is 379 g/mol. The predicted molar refractivity (Wildman–Crippen MR) is 94.4 cm³/mol. The number of carbonyl (C=O) groups excluding carboxylic acids is 1. The summed E-state index contributed by atoms with van der Waals surface area (Å²) in [6, 6.07) is 6.28. The molecule has 0 atom stereocenters. The number of rotatable bonds is 8. The summed E-state index contributed by atoms with van der Waals surface area (Å²) in [6.07, 6.45) is 2.78. The number of hydrogen-bond donors (Lipinski definition) is 0. The minimum atomic E-state index is -3.49. The van der Waals surface area contributed by atoms with Crippen LogP contribution in [0.2, 0.25) is 0 Å². The second-order valence-corrected chi connectivity index (χ2v) is 7.25. The normalized spacial score (nSPS) is 12.0. The summed E-state index contributed by atoms with van der Waals surface area (Å²) in [5, 5.41) is 7.35. The van der Waals surface area contributed by atoms with Gasteiger partial charge >= 0.3 is 5.97 Å². The van der Waals surface area contributed by atoms with Gasteiger partial charge in [0.2, 0.25) is 15.9 Å². The lowest BCUT2D eigenvalue weighted by Crippen LogP contribution is -2.30. The van der Waals surface area contributed by atoms with Crippen molar-refractivity contribution in [3.05, 3.63) is 47.7 Å². The smallest absolute Gasteiger partial charge is 0.331 e. The van der Waals surface area contributed by atoms with Gasteiger partial charge in [-0.1, -0.05) is 26.0 Å². The summed E-state index contributed by atoms with van der Waals surface area (Å²) in [6.45, 7) is 5.93. The minimum absolute atomic E-state index is 0.106. The zero-order chi connectivity index (χ0) is 19.2. The van der Waals surface area contributed by atoms with E-state index in [1.165, 1.54) is 28.6 Å². The van der Waals surface area contributed by atoms with Gasteiger partial charge in [-0.15, -0.1) is 10.2 Å². The number of sulfonamides is 1. The van der Waals surface area contributed by atoms with Crippen LogP contribution in [0.15, 0.2) is 39.7 Å². The number of carbonyl (C=O) groups is 1. The molecule has 0 N–H and O–H groups in total. The Bertz CT molecular complexity index is 868. The van der Waals surface area contributed by atoms with Crippen molar-refractivity contribution in [1.29, 1.82) is 0 Å². The number of ether oxygens (including phenoxy) is 1. The van der Waals surface area contributed by atoms with Crippen LogP contribution in [-0.4, -0.2) is 42.0 Å². The first-order valence-electron chi connectivity index (χ1n) is 8.10. The molecule has 0 amide bonds. The van der Waals surface area contributed by atoms with Gasteiger partial charge < -0.3 is 9.15 Å². The molecule has 1 aromatic heterocycles. The van der Waals surface area contributed by atoms with E-state index in [0.29, 0.717) is 24.5 Å². The van der Waals surface area contributed by atoms with E-state index in [1.807, 2.05) is 0 Å². The van der Waals surface area contributed by atoms with Crippen molar-refractivity contribution in [2.75, 3.05) is 13.1 Å². The first-order chi connectivity index (χ1) is 12.4. The fourth-order valence-corrected chi connectivity index (χ4v) is 3.66. The van der Waals surface area contributed by atoms with E-state index < -0.39 is 16.0 Å². The molecule has 0 saturated carbocycles. The number of aryl methyl sites for hydroxylation is 1. The molecular formula is C17H21N3O5S. The van der Waals surface area contributed by atoms with Gasteiger partial charge in [-0.05, 0) is 23.8 Å². The van der Waals surface area contributed by atoms with Crippen molar-refractivity contribution in [3.63, 3.8) is 0 Å². The molecule has 0 saturated heterocycles. The fourth-order valence-electron chi connectivity index (χ4n) is 2.20. The summed E-state index contributed by atoms with van der Waals surface area (Å²) >= 11 is 0. The number of esters is 1. The van der Waals surface area contributed by atoms with E-state index in [-0.39, 0.29) is 17.4 Å². The van der Waals surface area contributed by atoms with Crippen molar-refractivity contribution in [3.8, 4) is 0 Å². The highest BCUT2D eigenvalue weighted by molar-refractivity contribution is 7.89. The van der Waals surface area contributed by atoms with Crippen molar-refractivity contribution < 1.29 is 22.4 Å². The zero-order valence-electron chi connectivity index (χ0n) is 14.9. The maximum absolute atomic E-state index is 12.4. The Morgan fingerprint density at radius 1 is 1.19 bits per heavy atom. The average Bonchev–Trinajstić information content (AvgIpc) is 3.04. The van der Waals surface area contributed by atoms with E-state index in [0.717, 1.165) is 0 Å². The molecule has 26 heavy (non-hydrogen) atoms. The molecule has 0 fully saturated rings. The van der Waals surface area contributed by atoms with E-state index in [2.05, 4.69) is 10.2 Å².